The van der Waals surface area contributed by atoms with Gasteiger partial charge in [-0.1, -0.05) is 24.3 Å². The lowest BCUT2D eigenvalue weighted by molar-refractivity contribution is 1.07. The molecule has 4 nitrogen and oxygen atoms in total. The van der Waals surface area contributed by atoms with Crippen LogP contribution in [0.5, 0.6) is 0 Å². The smallest absolute Gasteiger partial charge is 0.0922 e. The number of anilines is 1. The summed E-state index contributed by atoms with van der Waals surface area (Å²) in [7, 11) is 0. The van der Waals surface area contributed by atoms with Gasteiger partial charge in [0, 0.05) is 23.6 Å². The van der Waals surface area contributed by atoms with Gasteiger partial charge in [0.25, 0.3) is 0 Å². The van der Waals surface area contributed by atoms with Crippen molar-refractivity contribution in [2.24, 2.45) is 0 Å². The molecule has 0 aliphatic carbocycles. The van der Waals surface area contributed by atoms with Gasteiger partial charge in [-0.05, 0) is 18.2 Å². The Kier molecular flexibility index (Phi) is 3.23. The molecule has 0 aliphatic heterocycles. The van der Waals surface area contributed by atoms with Gasteiger partial charge in [-0.3, -0.25) is 4.98 Å². The lowest BCUT2D eigenvalue weighted by Gasteiger charge is -2.10. The average Bonchev–Trinajstić information content (AvgIpc) is 3.00. The van der Waals surface area contributed by atoms with E-state index < -0.39 is 0 Å². The molecule has 0 saturated heterocycles. The summed E-state index contributed by atoms with van der Waals surface area (Å²) in [5.41, 5.74) is 4.18. The number of benzene rings is 1. The Morgan fingerprint density at radius 1 is 1.05 bits per heavy atom. The van der Waals surface area contributed by atoms with Crippen molar-refractivity contribution >= 4 is 5.69 Å². The number of imidazole rings is 1. The first-order valence-corrected chi connectivity index (χ1v) is 6.15. The zero-order chi connectivity index (χ0) is 12.9. The van der Waals surface area contributed by atoms with E-state index in [0.29, 0.717) is 6.54 Å². The third kappa shape index (κ3) is 2.63. The summed E-state index contributed by atoms with van der Waals surface area (Å²) in [5.74, 6) is 0. The summed E-state index contributed by atoms with van der Waals surface area (Å²) in [4.78, 5) is 11.5. The van der Waals surface area contributed by atoms with Gasteiger partial charge < -0.3 is 10.3 Å². The molecule has 0 radical (unpaired) electrons. The number of aromatic nitrogens is 3. The fraction of sp³-hybridized carbons (Fsp3) is 0.0667. The number of pyridine rings is 1. The van der Waals surface area contributed by atoms with E-state index in [4.69, 9.17) is 0 Å². The molecular formula is C15H14N4. The summed E-state index contributed by atoms with van der Waals surface area (Å²) in [6, 6.07) is 14.1. The molecular weight excluding hydrogens is 236 g/mol. The molecule has 4 heteroatoms. The lowest BCUT2D eigenvalue weighted by Crippen LogP contribution is -2.01. The van der Waals surface area contributed by atoms with Crippen molar-refractivity contribution in [2.45, 2.75) is 6.54 Å². The zero-order valence-corrected chi connectivity index (χ0v) is 10.4. The van der Waals surface area contributed by atoms with Crippen LogP contribution in [0.1, 0.15) is 5.69 Å². The van der Waals surface area contributed by atoms with E-state index in [1.54, 1.807) is 12.5 Å². The minimum absolute atomic E-state index is 0.712. The molecule has 2 aromatic heterocycles. The number of hydrogen-bond donors (Lipinski definition) is 2. The zero-order valence-electron chi connectivity index (χ0n) is 10.4. The van der Waals surface area contributed by atoms with Crippen LogP contribution < -0.4 is 5.32 Å². The molecule has 2 N–H and O–H groups in total. The molecule has 3 rings (SSSR count). The van der Waals surface area contributed by atoms with Gasteiger partial charge in [-0.2, -0.15) is 0 Å². The third-order valence-corrected chi connectivity index (χ3v) is 2.89. The van der Waals surface area contributed by atoms with Crippen molar-refractivity contribution in [3.63, 3.8) is 0 Å². The molecule has 19 heavy (non-hydrogen) atoms. The van der Waals surface area contributed by atoms with Crippen molar-refractivity contribution in [3.05, 3.63) is 66.9 Å². The van der Waals surface area contributed by atoms with E-state index in [1.807, 2.05) is 36.5 Å². The quantitative estimate of drug-likeness (QED) is 0.748. The van der Waals surface area contributed by atoms with E-state index in [-0.39, 0.29) is 0 Å². The maximum Gasteiger partial charge on any atom is 0.0922 e. The first-order valence-electron chi connectivity index (χ1n) is 6.15. The normalized spacial score (nSPS) is 10.3. The van der Waals surface area contributed by atoms with Crippen LogP contribution in [0.15, 0.2) is 61.2 Å². The Morgan fingerprint density at radius 2 is 1.95 bits per heavy atom. The Hall–Kier alpha value is -2.62. The number of nitrogens with zero attached hydrogens (tertiary/aromatic N) is 2. The Morgan fingerprint density at radius 3 is 2.74 bits per heavy atom. The van der Waals surface area contributed by atoms with Gasteiger partial charge in [0.05, 0.1) is 24.3 Å². The van der Waals surface area contributed by atoms with Crippen molar-refractivity contribution in [3.8, 4) is 11.3 Å². The molecule has 1 aromatic carbocycles. The van der Waals surface area contributed by atoms with Crippen LogP contribution >= 0.6 is 0 Å². The molecule has 0 atom stereocenters. The molecule has 0 saturated carbocycles. The molecule has 3 aromatic rings. The van der Waals surface area contributed by atoms with Gasteiger partial charge in [0.15, 0.2) is 0 Å². The predicted molar refractivity (Wildman–Crippen MR) is 75.6 cm³/mol. The maximum absolute atomic E-state index is 4.39. The van der Waals surface area contributed by atoms with E-state index in [2.05, 4.69) is 32.4 Å². The summed E-state index contributed by atoms with van der Waals surface area (Å²) < 4.78 is 0. The highest BCUT2D eigenvalue weighted by Gasteiger charge is 2.05. The van der Waals surface area contributed by atoms with Gasteiger partial charge in [-0.15, -0.1) is 0 Å². The Bertz CT molecular complexity index is 632. The van der Waals surface area contributed by atoms with Crippen LogP contribution in [0, 0.1) is 0 Å². The summed E-state index contributed by atoms with van der Waals surface area (Å²) in [6.45, 7) is 0.712. The second-order valence-corrected chi connectivity index (χ2v) is 4.19. The predicted octanol–water partition coefficient (Wildman–Crippen LogP) is 3.08. The largest absolute Gasteiger partial charge is 0.379 e. The van der Waals surface area contributed by atoms with Crippen molar-refractivity contribution in [1.82, 2.24) is 15.0 Å². The molecule has 0 fully saturated rings. The first-order chi connectivity index (χ1) is 9.43. The van der Waals surface area contributed by atoms with Gasteiger partial charge in [0.1, 0.15) is 0 Å². The van der Waals surface area contributed by atoms with Crippen molar-refractivity contribution in [1.29, 1.82) is 0 Å². The fourth-order valence-corrected chi connectivity index (χ4v) is 1.95. The second-order valence-electron chi connectivity index (χ2n) is 4.19. The monoisotopic (exact) mass is 250 g/mol. The highest BCUT2D eigenvalue weighted by molar-refractivity contribution is 5.75. The summed E-state index contributed by atoms with van der Waals surface area (Å²) >= 11 is 0. The summed E-state index contributed by atoms with van der Waals surface area (Å²) in [5, 5.41) is 3.40. The number of H-pyrrole nitrogens is 1. The molecule has 2 heterocycles. The van der Waals surface area contributed by atoms with Crippen molar-refractivity contribution < 1.29 is 0 Å². The molecule has 0 bridgehead atoms. The van der Waals surface area contributed by atoms with Crippen LogP contribution in [0.2, 0.25) is 0 Å². The third-order valence-electron chi connectivity index (χ3n) is 2.89. The highest BCUT2D eigenvalue weighted by atomic mass is 14.9. The van der Waals surface area contributed by atoms with E-state index in [1.165, 1.54) is 0 Å². The first kappa shape index (κ1) is 11.5. The number of aromatic amines is 1. The minimum Gasteiger partial charge on any atom is -0.379 e. The number of nitrogens with one attached hydrogen (secondary N) is 2. The second kappa shape index (κ2) is 5.35. The number of para-hydroxylation sites is 1. The lowest BCUT2D eigenvalue weighted by atomic mass is 10.1. The van der Waals surface area contributed by atoms with Crippen LogP contribution in [-0.2, 0) is 6.54 Å². The molecule has 94 valence electrons. The van der Waals surface area contributed by atoms with E-state index in [9.17, 15) is 0 Å². The Balaban J connectivity index is 1.85. The number of rotatable bonds is 4. The van der Waals surface area contributed by atoms with Crippen LogP contribution in [0.4, 0.5) is 5.69 Å². The fourth-order valence-electron chi connectivity index (χ4n) is 1.95. The van der Waals surface area contributed by atoms with E-state index in [0.717, 1.165) is 22.6 Å². The molecule has 0 aliphatic rings. The van der Waals surface area contributed by atoms with Gasteiger partial charge >= 0.3 is 0 Å². The topological polar surface area (TPSA) is 53.6 Å². The molecule has 0 unspecified atom stereocenters. The number of hydrogen-bond acceptors (Lipinski definition) is 3. The molecule has 0 spiro atoms. The van der Waals surface area contributed by atoms with Crippen LogP contribution in [0.25, 0.3) is 11.3 Å². The van der Waals surface area contributed by atoms with Crippen LogP contribution in [-0.4, -0.2) is 15.0 Å². The Labute approximate surface area is 111 Å². The van der Waals surface area contributed by atoms with Gasteiger partial charge in [0.2, 0.25) is 0 Å². The highest BCUT2D eigenvalue weighted by Crippen LogP contribution is 2.26. The molecule has 0 amide bonds. The summed E-state index contributed by atoms with van der Waals surface area (Å²) in [6.07, 6.45) is 5.30. The standard InChI is InChI=1S/C15H14N4/c1-2-6-15(18-10-12-9-16-11-19-12)13(5-1)14-7-3-4-8-17-14/h1-9,11,18H,10H2,(H,16,19). The minimum atomic E-state index is 0.712. The van der Waals surface area contributed by atoms with Crippen molar-refractivity contribution in [2.75, 3.05) is 5.32 Å². The average molecular weight is 250 g/mol. The maximum atomic E-state index is 4.39. The van der Waals surface area contributed by atoms with E-state index >= 15 is 0 Å². The van der Waals surface area contributed by atoms with Crippen LogP contribution in [0.3, 0.4) is 0 Å². The van der Waals surface area contributed by atoms with Gasteiger partial charge in [-0.25, -0.2) is 4.98 Å². The SMILES string of the molecule is c1ccc(-c2ccccc2NCc2cnc[nH]2)nc1.